The average Bonchev–Trinajstić information content (AvgIpc) is 2.98. The Kier molecular flexibility index (Phi) is 2.08. The molecule has 0 radical (unpaired) electrons. The maximum Gasteiger partial charge on any atom is 0.320 e. The minimum atomic E-state index is 0.318. The first-order valence-corrected chi connectivity index (χ1v) is 4.07. The molecule has 2 rings (SSSR count). The molecule has 1 fully saturated rings. The Morgan fingerprint density at radius 3 is 3.08 bits per heavy atom. The van der Waals surface area contributed by atoms with Crippen LogP contribution >= 0.6 is 0 Å². The summed E-state index contributed by atoms with van der Waals surface area (Å²) in [5, 5.41) is 0. The third-order valence-electron chi connectivity index (χ3n) is 1.90. The lowest BCUT2D eigenvalue weighted by atomic mass is 10.3. The Hall–Kier alpha value is -1.65. The molecule has 1 aromatic heterocycles. The zero-order valence-electron chi connectivity index (χ0n) is 6.93. The van der Waals surface area contributed by atoms with Crippen LogP contribution in [0.15, 0.2) is 12.4 Å². The van der Waals surface area contributed by atoms with Gasteiger partial charge in [-0.1, -0.05) is 0 Å². The molecular weight excluding hydrogens is 170 g/mol. The zero-order valence-corrected chi connectivity index (χ0v) is 6.93. The highest BCUT2D eigenvalue weighted by atomic mass is 16.7. The van der Waals surface area contributed by atoms with E-state index in [0.717, 1.165) is 5.69 Å². The fourth-order valence-corrected chi connectivity index (χ4v) is 1.11. The van der Waals surface area contributed by atoms with E-state index in [1.54, 1.807) is 6.07 Å². The second-order valence-corrected chi connectivity index (χ2v) is 2.92. The van der Waals surface area contributed by atoms with Gasteiger partial charge >= 0.3 is 6.47 Å². The Labute approximate surface area is 75.1 Å². The summed E-state index contributed by atoms with van der Waals surface area (Å²) in [6, 6.07) is 1.79. The monoisotopic (exact) mass is 179 g/mol. The summed E-state index contributed by atoms with van der Waals surface area (Å²) in [4.78, 5) is 22.2. The van der Waals surface area contributed by atoms with Crippen molar-refractivity contribution in [1.82, 2.24) is 9.97 Å². The van der Waals surface area contributed by atoms with Gasteiger partial charge in [0.15, 0.2) is 5.82 Å². The van der Waals surface area contributed by atoms with Crippen LogP contribution in [0.1, 0.15) is 24.5 Å². The van der Waals surface area contributed by atoms with Crippen molar-refractivity contribution in [2.75, 3.05) is 5.48 Å². The highest BCUT2D eigenvalue weighted by molar-refractivity contribution is 5.42. The van der Waals surface area contributed by atoms with Crippen molar-refractivity contribution in [1.29, 1.82) is 0 Å². The third-order valence-corrected chi connectivity index (χ3v) is 1.90. The van der Waals surface area contributed by atoms with Crippen LogP contribution in [-0.4, -0.2) is 16.4 Å². The summed E-state index contributed by atoms with van der Waals surface area (Å²) in [5.74, 6) is 1.09. The van der Waals surface area contributed by atoms with Crippen LogP contribution in [0, 0.1) is 0 Å². The van der Waals surface area contributed by atoms with Gasteiger partial charge in [-0.15, -0.1) is 0 Å². The van der Waals surface area contributed by atoms with Gasteiger partial charge in [0.25, 0.3) is 0 Å². The Bertz CT molecular complexity index is 312. The van der Waals surface area contributed by atoms with Crippen LogP contribution in [0.25, 0.3) is 0 Å². The average molecular weight is 179 g/mol. The number of rotatable bonds is 4. The molecule has 0 bridgehead atoms. The molecule has 1 N–H and O–H groups in total. The predicted octanol–water partition coefficient (Wildman–Crippen LogP) is 0.854. The van der Waals surface area contributed by atoms with Gasteiger partial charge in [-0.2, -0.15) is 0 Å². The molecule has 0 saturated heterocycles. The Balaban J connectivity index is 2.07. The number of hydrogen-bond donors (Lipinski definition) is 1. The molecule has 0 atom stereocenters. The van der Waals surface area contributed by atoms with Gasteiger partial charge in [-0.05, 0) is 12.8 Å². The molecule has 13 heavy (non-hydrogen) atoms. The Morgan fingerprint density at radius 2 is 2.38 bits per heavy atom. The molecule has 1 aliphatic rings. The summed E-state index contributed by atoms with van der Waals surface area (Å²) < 4.78 is 0. The lowest BCUT2D eigenvalue weighted by Crippen LogP contribution is -2.02. The van der Waals surface area contributed by atoms with Gasteiger partial charge in [0, 0.05) is 17.7 Å². The van der Waals surface area contributed by atoms with E-state index in [9.17, 15) is 4.79 Å². The minimum Gasteiger partial charge on any atom is -0.345 e. The first kappa shape index (κ1) is 7.97. The molecule has 0 spiro atoms. The fourth-order valence-electron chi connectivity index (χ4n) is 1.11. The lowest BCUT2D eigenvalue weighted by molar-refractivity contribution is -0.126. The molecule has 0 amide bonds. The minimum absolute atomic E-state index is 0.318. The summed E-state index contributed by atoms with van der Waals surface area (Å²) in [6.45, 7) is 0.318. The van der Waals surface area contributed by atoms with Crippen molar-refractivity contribution in [3.05, 3.63) is 18.1 Å². The number of aromatic nitrogens is 2. The number of anilines is 1. The molecule has 0 aliphatic heterocycles. The van der Waals surface area contributed by atoms with Gasteiger partial charge in [0.05, 0.1) is 0 Å². The van der Waals surface area contributed by atoms with Gasteiger partial charge in [-0.3, -0.25) is 4.79 Å². The molecule has 1 aliphatic carbocycles. The highest BCUT2D eigenvalue weighted by Gasteiger charge is 2.25. The van der Waals surface area contributed by atoms with Crippen molar-refractivity contribution in [3.63, 3.8) is 0 Å². The molecule has 1 saturated carbocycles. The van der Waals surface area contributed by atoms with Crippen molar-refractivity contribution in [2.24, 2.45) is 0 Å². The number of nitrogens with zero attached hydrogens (tertiary/aromatic N) is 2. The van der Waals surface area contributed by atoms with E-state index in [2.05, 4.69) is 20.3 Å². The van der Waals surface area contributed by atoms with Crippen LogP contribution in [0.5, 0.6) is 0 Å². The maximum atomic E-state index is 9.88. The quantitative estimate of drug-likeness (QED) is 0.548. The van der Waals surface area contributed by atoms with E-state index in [4.69, 9.17) is 0 Å². The normalized spacial score (nSPS) is 15.1. The number of nitrogens with one attached hydrogen (secondary N) is 1. The largest absolute Gasteiger partial charge is 0.345 e. The van der Waals surface area contributed by atoms with Crippen LogP contribution in [0.2, 0.25) is 0 Å². The van der Waals surface area contributed by atoms with E-state index >= 15 is 0 Å². The number of carbonyl (C=O) groups is 1. The van der Waals surface area contributed by atoms with E-state index < -0.39 is 0 Å². The standard InChI is InChI=1S/C8H9N3O2/c12-5-13-11-8-3-7(6-1-2-6)9-4-10-8/h3-6H,1-2H2,(H,9,10,11). The fraction of sp³-hybridized carbons (Fsp3) is 0.375. The van der Waals surface area contributed by atoms with Gasteiger partial charge in [0.1, 0.15) is 6.33 Å². The van der Waals surface area contributed by atoms with Gasteiger partial charge < -0.3 is 4.84 Å². The van der Waals surface area contributed by atoms with Gasteiger partial charge in [-0.25, -0.2) is 15.4 Å². The number of hydrogen-bond acceptors (Lipinski definition) is 5. The molecule has 1 heterocycles. The number of carbonyl (C=O) groups excluding carboxylic acids is 1. The molecule has 0 unspecified atom stereocenters. The highest BCUT2D eigenvalue weighted by Crippen LogP contribution is 2.39. The summed E-state index contributed by atoms with van der Waals surface area (Å²) in [5.41, 5.74) is 3.40. The van der Waals surface area contributed by atoms with Crippen LogP contribution < -0.4 is 5.48 Å². The van der Waals surface area contributed by atoms with Crippen LogP contribution in [0.3, 0.4) is 0 Å². The first-order chi connectivity index (χ1) is 6.40. The van der Waals surface area contributed by atoms with E-state index in [1.807, 2.05) is 0 Å². The topological polar surface area (TPSA) is 64.1 Å². The summed E-state index contributed by atoms with van der Waals surface area (Å²) >= 11 is 0. The molecule has 68 valence electrons. The molecular formula is C8H9N3O2. The zero-order chi connectivity index (χ0) is 9.10. The lowest BCUT2D eigenvalue weighted by Gasteiger charge is -2.02. The van der Waals surface area contributed by atoms with Crippen LogP contribution in [0.4, 0.5) is 5.82 Å². The van der Waals surface area contributed by atoms with Crippen LogP contribution in [-0.2, 0) is 9.63 Å². The van der Waals surface area contributed by atoms with Crippen molar-refractivity contribution in [2.45, 2.75) is 18.8 Å². The Morgan fingerprint density at radius 1 is 1.54 bits per heavy atom. The summed E-state index contributed by atoms with van der Waals surface area (Å²) in [6.07, 6.45) is 3.83. The van der Waals surface area contributed by atoms with E-state index in [0.29, 0.717) is 18.2 Å². The van der Waals surface area contributed by atoms with Crippen molar-refractivity contribution < 1.29 is 9.63 Å². The maximum absolute atomic E-state index is 9.88. The van der Waals surface area contributed by atoms with E-state index in [1.165, 1.54) is 19.2 Å². The molecule has 5 heteroatoms. The van der Waals surface area contributed by atoms with Gasteiger partial charge in [0.2, 0.25) is 0 Å². The van der Waals surface area contributed by atoms with E-state index in [-0.39, 0.29) is 0 Å². The molecule has 0 aromatic carbocycles. The third kappa shape index (κ3) is 1.93. The van der Waals surface area contributed by atoms with Crippen molar-refractivity contribution in [3.8, 4) is 0 Å². The van der Waals surface area contributed by atoms with Crippen molar-refractivity contribution >= 4 is 12.3 Å². The summed E-state index contributed by atoms with van der Waals surface area (Å²) in [7, 11) is 0. The first-order valence-electron chi connectivity index (χ1n) is 4.07. The SMILES string of the molecule is O=CONc1cc(C2CC2)ncn1. The molecule has 5 nitrogen and oxygen atoms in total. The molecule has 1 aromatic rings. The predicted molar refractivity (Wildman–Crippen MR) is 44.8 cm³/mol. The second-order valence-electron chi connectivity index (χ2n) is 2.92. The smallest absolute Gasteiger partial charge is 0.320 e. The second kappa shape index (κ2) is 3.38.